The molecule has 7 heteroatoms. The van der Waals surface area contributed by atoms with Gasteiger partial charge in [0.2, 0.25) is 0 Å². The summed E-state index contributed by atoms with van der Waals surface area (Å²) in [6.45, 7) is 3.38. The average molecular weight is 416 g/mol. The lowest BCUT2D eigenvalue weighted by Gasteiger charge is -2.45. The van der Waals surface area contributed by atoms with E-state index in [4.69, 9.17) is 15.2 Å². The Hall–Kier alpha value is -3.37. The maximum Gasteiger partial charge on any atom is 0.259 e. The number of hydrogen-bond donors (Lipinski definition) is 2. The minimum absolute atomic E-state index is 0.125. The number of nitrogens with zero attached hydrogens (tertiary/aromatic N) is 2. The summed E-state index contributed by atoms with van der Waals surface area (Å²) < 4.78 is 12.2. The number of nitrogens with one attached hydrogen (secondary N) is 1. The number of rotatable bonds is 2. The minimum Gasteiger partial charge on any atom is -0.489 e. The molecule has 7 nitrogen and oxygen atoms in total. The summed E-state index contributed by atoms with van der Waals surface area (Å²) in [7, 11) is 0. The predicted molar refractivity (Wildman–Crippen MR) is 115 cm³/mol. The van der Waals surface area contributed by atoms with Crippen LogP contribution < -0.4 is 15.8 Å². The lowest BCUT2D eigenvalue weighted by molar-refractivity contribution is -0.130. The standard InChI is InChI=1S/C24H24N4O3/c1-14-21(18-6-3-9-30-13-18)31-20-8-7-17(16-5-2-4-15(10-16)12-25)11-19(20)24(14)22(29)27-23(26)28-24/h2,4-5,7-8,10-11,14,18,21H,3,6,9,13H2,1H3,(H3,26,27,28,29)/t14?,18?,21-,24-/m1/s1. The van der Waals surface area contributed by atoms with Crippen LogP contribution in [0.2, 0.25) is 0 Å². The molecule has 2 aromatic rings. The van der Waals surface area contributed by atoms with Gasteiger partial charge in [0.1, 0.15) is 11.9 Å². The molecular formula is C24H24N4O3. The van der Waals surface area contributed by atoms with E-state index in [-0.39, 0.29) is 29.8 Å². The van der Waals surface area contributed by atoms with E-state index in [9.17, 15) is 10.1 Å². The van der Waals surface area contributed by atoms with Crippen molar-refractivity contribution in [2.45, 2.75) is 31.4 Å². The van der Waals surface area contributed by atoms with E-state index in [1.54, 1.807) is 6.07 Å². The topological polar surface area (TPSA) is 110 Å². The van der Waals surface area contributed by atoms with Crippen LogP contribution in [0.1, 0.15) is 30.9 Å². The highest BCUT2D eigenvalue weighted by Gasteiger charge is 2.57. The molecule has 2 unspecified atom stereocenters. The molecule has 3 aliphatic heterocycles. The Bertz CT molecular complexity index is 1120. The molecular weight excluding hydrogens is 392 g/mol. The third kappa shape index (κ3) is 3.06. The van der Waals surface area contributed by atoms with Gasteiger partial charge < -0.3 is 15.2 Å². The largest absolute Gasteiger partial charge is 0.489 e. The number of hydrogen-bond acceptors (Lipinski definition) is 6. The molecule has 1 amide bonds. The molecule has 1 spiro atoms. The molecule has 3 N–H and O–H groups in total. The van der Waals surface area contributed by atoms with Gasteiger partial charge in [0.05, 0.1) is 18.2 Å². The quantitative estimate of drug-likeness (QED) is 0.782. The second-order valence-corrected chi connectivity index (χ2v) is 8.47. The fraction of sp³-hybridized carbons (Fsp3) is 0.375. The summed E-state index contributed by atoms with van der Waals surface area (Å²) in [5, 5.41) is 12.0. The average Bonchev–Trinajstić information content (AvgIpc) is 3.11. The molecule has 2 aromatic carbocycles. The third-order valence-electron chi connectivity index (χ3n) is 6.67. The van der Waals surface area contributed by atoms with Crippen molar-refractivity contribution in [1.29, 1.82) is 5.26 Å². The van der Waals surface area contributed by atoms with Gasteiger partial charge in [-0.05, 0) is 48.2 Å². The van der Waals surface area contributed by atoms with Crippen molar-refractivity contribution in [1.82, 2.24) is 5.32 Å². The number of nitrogens with two attached hydrogens (primary N) is 1. The van der Waals surface area contributed by atoms with E-state index in [0.29, 0.717) is 23.5 Å². The highest BCUT2D eigenvalue weighted by molar-refractivity contribution is 6.08. The van der Waals surface area contributed by atoms with Crippen molar-refractivity contribution in [3.05, 3.63) is 53.6 Å². The first-order valence-electron chi connectivity index (χ1n) is 10.6. The summed E-state index contributed by atoms with van der Waals surface area (Å²) in [5.74, 6) is 0.494. The predicted octanol–water partition coefficient (Wildman–Crippen LogP) is 2.69. The number of nitriles is 1. The van der Waals surface area contributed by atoms with Crippen LogP contribution in [0.15, 0.2) is 47.5 Å². The van der Waals surface area contributed by atoms with Crippen molar-refractivity contribution in [3.63, 3.8) is 0 Å². The Morgan fingerprint density at radius 2 is 2.10 bits per heavy atom. The lowest BCUT2D eigenvalue weighted by atomic mass is 9.70. The summed E-state index contributed by atoms with van der Waals surface area (Å²) in [6.07, 6.45) is 1.75. The molecule has 1 fully saturated rings. The molecule has 3 aliphatic rings. The van der Waals surface area contributed by atoms with Crippen molar-refractivity contribution in [3.8, 4) is 22.9 Å². The lowest BCUT2D eigenvalue weighted by Crippen LogP contribution is -2.54. The Morgan fingerprint density at radius 3 is 2.81 bits per heavy atom. The molecule has 0 aromatic heterocycles. The molecule has 1 saturated heterocycles. The van der Waals surface area contributed by atoms with Crippen LogP contribution in [0.4, 0.5) is 0 Å². The number of guanidine groups is 1. The van der Waals surface area contributed by atoms with Gasteiger partial charge in [0.15, 0.2) is 11.5 Å². The fourth-order valence-corrected chi connectivity index (χ4v) is 5.11. The first-order chi connectivity index (χ1) is 15.0. The highest BCUT2D eigenvalue weighted by atomic mass is 16.5. The fourth-order valence-electron chi connectivity index (χ4n) is 5.11. The van der Waals surface area contributed by atoms with E-state index in [0.717, 1.165) is 30.6 Å². The van der Waals surface area contributed by atoms with E-state index in [1.165, 1.54) is 0 Å². The molecule has 158 valence electrons. The Kier molecular flexibility index (Phi) is 4.67. The minimum atomic E-state index is -1.15. The molecule has 0 bridgehead atoms. The van der Waals surface area contributed by atoms with Gasteiger partial charge in [-0.1, -0.05) is 25.1 Å². The number of amides is 1. The Labute approximate surface area is 180 Å². The smallest absolute Gasteiger partial charge is 0.259 e. The van der Waals surface area contributed by atoms with Gasteiger partial charge in [-0.25, -0.2) is 4.99 Å². The molecule has 5 rings (SSSR count). The second kappa shape index (κ2) is 7.40. The van der Waals surface area contributed by atoms with E-state index >= 15 is 0 Å². The first kappa shape index (κ1) is 19.6. The van der Waals surface area contributed by atoms with Crippen molar-refractivity contribution >= 4 is 11.9 Å². The molecule has 31 heavy (non-hydrogen) atoms. The summed E-state index contributed by atoms with van der Waals surface area (Å²) in [6, 6.07) is 15.3. The van der Waals surface area contributed by atoms with Gasteiger partial charge >= 0.3 is 0 Å². The zero-order chi connectivity index (χ0) is 21.6. The van der Waals surface area contributed by atoms with Crippen LogP contribution >= 0.6 is 0 Å². The van der Waals surface area contributed by atoms with Crippen LogP contribution in [0.5, 0.6) is 5.75 Å². The zero-order valence-corrected chi connectivity index (χ0v) is 17.3. The van der Waals surface area contributed by atoms with Gasteiger partial charge in [0.25, 0.3) is 5.91 Å². The maximum absolute atomic E-state index is 13.3. The highest BCUT2D eigenvalue weighted by Crippen LogP contribution is 2.50. The molecule has 0 radical (unpaired) electrons. The van der Waals surface area contributed by atoms with Crippen molar-refractivity contribution < 1.29 is 14.3 Å². The number of benzene rings is 2. The molecule has 4 atom stereocenters. The van der Waals surface area contributed by atoms with Crippen LogP contribution in [-0.4, -0.2) is 31.2 Å². The molecule has 0 saturated carbocycles. The SMILES string of the molecule is CC1[C@H](C2CCCOC2)Oc2ccc(-c3cccc(C#N)c3)cc2[C@]12N=C(N)NC2=O. The van der Waals surface area contributed by atoms with Crippen LogP contribution in [-0.2, 0) is 15.1 Å². The number of ether oxygens (including phenoxy) is 2. The summed E-state index contributed by atoms with van der Waals surface area (Å²) >= 11 is 0. The number of carbonyl (C=O) groups is 1. The second-order valence-electron chi connectivity index (χ2n) is 8.47. The van der Waals surface area contributed by atoms with Crippen LogP contribution in [0.25, 0.3) is 11.1 Å². The summed E-state index contributed by atoms with van der Waals surface area (Å²) in [5.41, 5.74) is 7.88. The first-order valence-corrected chi connectivity index (χ1v) is 10.6. The molecule has 0 aliphatic carbocycles. The van der Waals surface area contributed by atoms with Crippen LogP contribution in [0, 0.1) is 23.2 Å². The number of fused-ring (bicyclic) bond motifs is 2. The van der Waals surface area contributed by atoms with Gasteiger partial charge in [0, 0.05) is 24.0 Å². The van der Waals surface area contributed by atoms with Gasteiger partial charge in [-0.2, -0.15) is 5.26 Å². The zero-order valence-electron chi connectivity index (χ0n) is 17.3. The van der Waals surface area contributed by atoms with E-state index < -0.39 is 5.54 Å². The Balaban J connectivity index is 1.64. The van der Waals surface area contributed by atoms with Crippen molar-refractivity contribution in [2.75, 3.05) is 13.2 Å². The van der Waals surface area contributed by atoms with E-state index in [2.05, 4.69) is 16.4 Å². The van der Waals surface area contributed by atoms with Gasteiger partial charge in [-0.3, -0.25) is 10.1 Å². The Morgan fingerprint density at radius 1 is 1.26 bits per heavy atom. The van der Waals surface area contributed by atoms with Crippen LogP contribution in [0.3, 0.4) is 0 Å². The number of aliphatic imine (C=N–C) groups is 1. The summed E-state index contributed by atoms with van der Waals surface area (Å²) in [4.78, 5) is 17.9. The monoisotopic (exact) mass is 416 g/mol. The normalized spacial score (nSPS) is 29.5. The maximum atomic E-state index is 13.3. The van der Waals surface area contributed by atoms with Crippen molar-refractivity contribution in [2.24, 2.45) is 22.6 Å². The van der Waals surface area contributed by atoms with Gasteiger partial charge in [-0.15, -0.1) is 0 Å². The number of carbonyl (C=O) groups excluding carboxylic acids is 1. The van der Waals surface area contributed by atoms with E-state index in [1.807, 2.05) is 43.3 Å². The third-order valence-corrected chi connectivity index (χ3v) is 6.67. The molecule has 3 heterocycles.